The largest absolute Gasteiger partial charge is 0.459 e. The van der Waals surface area contributed by atoms with Crippen molar-refractivity contribution in [3.63, 3.8) is 0 Å². The van der Waals surface area contributed by atoms with E-state index in [4.69, 9.17) is 4.74 Å². The van der Waals surface area contributed by atoms with Crippen LogP contribution in [0.3, 0.4) is 0 Å². The molecule has 0 heterocycles. The Kier molecular flexibility index (Phi) is 4.30. The zero-order valence-corrected chi connectivity index (χ0v) is 9.88. The van der Waals surface area contributed by atoms with Gasteiger partial charge in [0, 0.05) is 5.92 Å². The van der Waals surface area contributed by atoms with E-state index < -0.39 is 17.5 Å². The first-order valence-electron chi connectivity index (χ1n) is 4.91. The minimum Gasteiger partial charge on any atom is -0.459 e. The van der Waals surface area contributed by atoms with Crippen LogP contribution >= 0.6 is 0 Å². The average molecular weight is 200 g/mol. The minimum absolute atomic E-state index is 0.0701. The van der Waals surface area contributed by atoms with E-state index in [2.05, 4.69) is 0 Å². The van der Waals surface area contributed by atoms with E-state index in [1.807, 2.05) is 0 Å². The molecule has 0 rings (SSSR count). The lowest BCUT2D eigenvalue weighted by Gasteiger charge is -2.22. The Morgan fingerprint density at radius 3 is 1.79 bits per heavy atom. The Bertz CT molecular complexity index is 223. The molecule has 1 unspecified atom stereocenters. The summed E-state index contributed by atoms with van der Waals surface area (Å²) in [5.74, 6) is -1.29. The number of rotatable bonds is 3. The standard InChI is InChI=1S/C11H20O3/c1-7(2)9(12)8(3)10(13)14-11(4,5)6/h7-8H,1-6H3. The van der Waals surface area contributed by atoms with E-state index in [0.29, 0.717) is 0 Å². The fourth-order valence-electron chi connectivity index (χ4n) is 1.01. The van der Waals surface area contributed by atoms with Gasteiger partial charge in [0.1, 0.15) is 17.3 Å². The predicted octanol–water partition coefficient (Wildman–Crippen LogP) is 2.19. The van der Waals surface area contributed by atoms with Gasteiger partial charge in [-0.3, -0.25) is 9.59 Å². The maximum absolute atomic E-state index is 11.5. The van der Waals surface area contributed by atoms with Gasteiger partial charge in [0.15, 0.2) is 0 Å². The molecule has 0 aromatic carbocycles. The minimum atomic E-state index is -0.658. The molecule has 0 spiro atoms. The number of hydrogen-bond donors (Lipinski definition) is 0. The SMILES string of the molecule is CC(C)C(=O)C(C)C(=O)OC(C)(C)C. The molecule has 0 aliphatic rings. The Hall–Kier alpha value is -0.860. The van der Waals surface area contributed by atoms with Crippen LogP contribution < -0.4 is 0 Å². The molecule has 0 saturated heterocycles. The number of esters is 1. The number of hydrogen-bond acceptors (Lipinski definition) is 3. The van der Waals surface area contributed by atoms with E-state index in [1.54, 1.807) is 41.5 Å². The van der Waals surface area contributed by atoms with Crippen molar-refractivity contribution in [1.82, 2.24) is 0 Å². The van der Waals surface area contributed by atoms with E-state index in [-0.39, 0.29) is 11.7 Å². The van der Waals surface area contributed by atoms with Crippen molar-refractivity contribution in [1.29, 1.82) is 0 Å². The van der Waals surface area contributed by atoms with Crippen molar-refractivity contribution < 1.29 is 14.3 Å². The highest BCUT2D eigenvalue weighted by Gasteiger charge is 2.28. The molecule has 1 atom stereocenters. The summed E-state index contributed by atoms with van der Waals surface area (Å²) in [4.78, 5) is 22.9. The van der Waals surface area contributed by atoms with Crippen molar-refractivity contribution in [3.05, 3.63) is 0 Å². The van der Waals surface area contributed by atoms with Gasteiger partial charge in [-0.05, 0) is 27.7 Å². The third-order valence-corrected chi connectivity index (χ3v) is 1.76. The van der Waals surface area contributed by atoms with Gasteiger partial charge in [-0.2, -0.15) is 0 Å². The van der Waals surface area contributed by atoms with Crippen LogP contribution in [0.15, 0.2) is 0 Å². The molecule has 0 aliphatic carbocycles. The van der Waals surface area contributed by atoms with Crippen molar-refractivity contribution in [2.24, 2.45) is 11.8 Å². The smallest absolute Gasteiger partial charge is 0.316 e. The monoisotopic (exact) mass is 200 g/mol. The van der Waals surface area contributed by atoms with Gasteiger partial charge in [0.25, 0.3) is 0 Å². The predicted molar refractivity (Wildman–Crippen MR) is 54.9 cm³/mol. The van der Waals surface area contributed by atoms with Gasteiger partial charge >= 0.3 is 5.97 Å². The van der Waals surface area contributed by atoms with Crippen molar-refractivity contribution in [3.8, 4) is 0 Å². The van der Waals surface area contributed by atoms with E-state index in [9.17, 15) is 9.59 Å². The molecule has 82 valence electrons. The molecule has 0 aliphatic heterocycles. The lowest BCUT2D eigenvalue weighted by molar-refractivity contribution is -0.161. The molecule has 0 aromatic rings. The summed E-state index contributed by atoms with van der Waals surface area (Å²) < 4.78 is 5.11. The summed E-state index contributed by atoms with van der Waals surface area (Å²) in [6.07, 6.45) is 0. The molecule has 0 fully saturated rings. The second-order valence-electron chi connectivity index (χ2n) is 4.81. The molecule has 0 amide bonds. The number of ether oxygens (including phenoxy) is 1. The highest BCUT2D eigenvalue weighted by molar-refractivity contribution is 5.99. The van der Waals surface area contributed by atoms with Gasteiger partial charge in [0.2, 0.25) is 0 Å². The van der Waals surface area contributed by atoms with Crippen LogP contribution in [0.25, 0.3) is 0 Å². The molecule has 0 N–H and O–H groups in total. The van der Waals surface area contributed by atoms with Crippen LogP contribution in [-0.4, -0.2) is 17.4 Å². The summed E-state index contributed by atoms with van der Waals surface area (Å²) in [6.45, 7) is 10.5. The van der Waals surface area contributed by atoms with Crippen molar-refractivity contribution in [2.45, 2.75) is 47.1 Å². The normalized spacial score (nSPS) is 13.9. The summed E-state index contributed by atoms with van der Waals surface area (Å²) in [7, 11) is 0. The summed E-state index contributed by atoms with van der Waals surface area (Å²) >= 11 is 0. The lowest BCUT2D eigenvalue weighted by Crippen LogP contribution is -2.32. The Labute approximate surface area is 85.8 Å². The van der Waals surface area contributed by atoms with Crippen LogP contribution in [0.2, 0.25) is 0 Å². The highest BCUT2D eigenvalue weighted by Crippen LogP contribution is 2.14. The number of ketones is 1. The first-order valence-corrected chi connectivity index (χ1v) is 4.91. The first-order chi connectivity index (χ1) is 6.15. The zero-order chi connectivity index (χ0) is 11.5. The van der Waals surface area contributed by atoms with Crippen LogP contribution in [0.4, 0.5) is 0 Å². The van der Waals surface area contributed by atoms with E-state index in [0.717, 1.165) is 0 Å². The molecule has 0 bridgehead atoms. The third-order valence-electron chi connectivity index (χ3n) is 1.76. The average Bonchev–Trinajstić information content (AvgIpc) is 1.98. The molecular formula is C11H20O3. The topological polar surface area (TPSA) is 43.4 Å². The number of Topliss-reactive ketones (excluding diaryl/α,β-unsaturated/α-hetero) is 1. The van der Waals surface area contributed by atoms with Crippen LogP contribution in [0.1, 0.15) is 41.5 Å². The lowest BCUT2D eigenvalue weighted by atomic mass is 9.97. The van der Waals surface area contributed by atoms with Gasteiger partial charge in [-0.15, -0.1) is 0 Å². The molecule has 0 aromatic heterocycles. The third kappa shape index (κ3) is 4.40. The van der Waals surface area contributed by atoms with E-state index >= 15 is 0 Å². The highest BCUT2D eigenvalue weighted by atomic mass is 16.6. The van der Waals surface area contributed by atoms with Gasteiger partial charge < -0.3 is 4.74 Å². The van der Waals surface area contributed by atoms with Crippen molar-refractivity contribution >= 4 is 11.8 Å². The molecule has 3 nitrogen and oxygen atoms in total. The number of carbonyl (C=O) groups is 2. The molecule has 3 heteroatoms. The van der Waals surface area contributed by atoms with Crippen molar-refractivity contribution in [2.75, 3.05) is 0 Å². The summed E-state index contributed by atoms with van der Waals surface area (Å²) in [6, 6.07) is 0. The summed E-state index contributed by atoms with van der Waals surface area (Å²) in [5, 5.41) is 0. The first kappa shape index (κ1) is 13.1. The number of carbonyl (C=O) groups excluding carboxylic acids is 2. The maximum atomic E-state index is 11.5. The molecule has 0 radical (unpaired) electrons. The second kappa shape index (κ2) is 4.58. The van der Waals surface area contributed by atoms with Gasteiger partial charge in [0.05, 0.1) is 0 Å². The van der Waals surface area contributed by atoms with Gasteiger partial charge in [-0.25, -0.2) is 0 Å². The van der Waals surface area contributed by atoms with E-state index in [1.165, 1.54) is 0 Å². The Morgan fingerprint density at radius 2 is 1.50 bits per heavy atom. The van der Waals surface area contributed by atoms with Crippen LogP contribution in [0.5, 0.6) is 0 Å². The quantitative estimate of drug-likeness (QED) is 0.518. The zero-order valence-electron chi connectivity index (χ0n) is 9.88. The fourth-order valence-corrected chi connectivity index (χ4v) is 1.01. The molecule has 0 saturated carbocycles. The van der Waals surface area contributed by atoms with Crippen LogP contribution in [-0.2, 0) is 14.3 Å². The molecular weight excluding hydrogens is 180 g/mol. The maximum Gasteiger partial charge on any atom is 0.316 e. The summed E-state index contributed by atoms with van der Waals surface area (Å²) in [5.41, 5.74) is -0.525. The second-order valence-corrected chi connectivity index (χ2v) is 4.81. The Morgan fingerprint density at radius 1 is 1.07 bits per heavy atom. The van der Waals surface area contributed by atoms with Gasteiger partial charge in [-0.1, -0.05) is 13.8 Å². The fraction of sp³-hybridized carbons (Fsp3) is 0.818. The van der Waals surface area contributed by atoms with Crippen LogP contribution in [0, 0.1) is 11.8 Å². The molecule has 14 heavy (non-hydrogen) atoms. The Balaban J connectivity index is 4.34.